The van der Waals surface area contributed by atoms with E-state index >= 15 is 0 Å². The van der Waals surface area contributed by atoms with Crippen LogP contribution in [0.15, 0.2) is 40.4 Å². The lowest BCUT2D eigenvalue weighted by atomic mass is 9.90. The van der Waals surface area contributed by atoms with E-state index in [1.54, 1.807) is 0 Å². The zero-order valence-electron chi connectivity index (χ0n) is 14.4. The Bertz CT molecular complexity index is 738. The number of carbonyl (C=O) groups is 1. The van der Waals surface area contributed by atoms with Crippen molar-refractivity contribution in [1.29, 1.82) is 0 Å². The van der Waals surface area contributed by atoms with Gasteiger partial charge in [-0.05, 0) is 68.8 Å². The molecule has 132 valence electrons. The number of nitrogens with two attached hydrogens (primary N) is 1. The minimum absolute atomic E-state index is 0.158. The number of benzene rings is 1. The molecule has 1 aromatic carbocycles. The van der Waals surface area contributed by atoms with Crippen LogP contribution >= 0.6 is 11.8 Å². The van der Waals surface area contributed by atoms with Crippen molar-refractivity contribution < 1.29 is 9.53 Å². The number of aromatic nitrogens is 2. The molecule has 1 saturated heterocycles. The standard InChI is InChI=1S/C18H22N4O2S/c1-12-11-13(2)21-17(20-12)25-15-5-3-14(4-6-15)22-16(23)18(19)7-9-24-10-8-18/h3-6,11H,7-10,19H2,1-2H3,(H,22,23). The number of aryl methyl sites for hydroxylation is 2. The highest BCUT2D eigenvalue weighted by atomic mass is 32.2. The van der Waals surface area contributed by atoms with Crippen molar-refractivity contribution in [3.05, 3.63) is 41.7 Å². The number of carbonyl (C=O) groups excluding carboxylic acids is 1. The van der Waals surface area contributed by atoms with Crippen molar-refractivity contribution >= 4 is 23.4 Å². The van der Waals surface area contributed by atoms with Crippen molar-refractivity contribution in [3.63, 3.8) is 0 Å². The predicted octanol–water partition coefficient (Wildman–Crippen LogP) is 2.69. The maximum Gasteiger partial charge on any atom is 0.244 e. The first-order chi connectivity index (χ1) is 11.9. The third-order valence-electron chi connectivity index (χ3n) is 4.12. The monoisotopic (exact) mass is 358 g/mol. The van der Waals surface area contributed by atoms with Crippen molar-refractivity contribution in [3.8, 4) is 0 Å². The Balaban J connectivity index is 1.64. The van der Waals surface area contributed by atoms with Gasteiger partial charge in [-0.3, -0.25) is 4.79 Å². The minimum Gasteiger partial charge on any atom is -0.381 e. The molecule has 0 atom stereocenters. The second-order valence-corrected chi connectivity index (χ2v) is 7.32. The third kappa shape index (κ3) is 4.56. The molecule has 3 rings (SSSR count). The van der Waals surface area contributed by atoms with Crippen LogP contribution in [0.2, 0.25) is 0 Å². The van der Waals surface area contributed by atoms with Gasteiger partial charge in [-0.15, -0.1) is 0 Å². The number of hydrogen-bond donors (Lipinski definition) is 2. The summed E-state index contributed by atoms with van der Waals surface area (Å²) in [7, 11) is 0. The summed E-state index contributed by atoms with van der Waals surface area (Å²) in [6, 6.07) is 9.56. The molecule has 0 radical (unpaired) electrons. The van der Waals surface area contributed by atoms with Crippen LogP contribution in [0, 0.1) is 13.8 Å². The van der Waals surface area contributed by atoms with E-state index in [2.05, 4.69) is 15.3 Å². The number of ether oxygens (including phenoxy) is 1. The average Bonchev–Trinajstić information content (AvgIpc) is 2.56. The highest BCUT2D eigenvalue weighted by Crippen LogP contribution is 2.27. The minimum atomic E-state index is -0.849. The van der Waals surface area contributed by atoms with Crippen LogP contribution in [-0.4, -0.2) is 34.6 Å². The molecule has 0 saturated carbocycles. The van der Waals surface area contributed by atoms with E-state index in [1.807, 2.05) is 44.2 Å². The summed E-state index contributed by atoms with van der Waals surface area (Å²) in [5.41, 5.74) is 7.97. The highest BCUT2D eigenvalue weighted by Gasteiger charge is 2.35. The number of anilines is 1. The second kappa shape index (κ2) is 7.51. The summed E-state index contributed by atoms with van der Waals surface area (Å²) in [5.74, 6) is -0.158. The maximum atomic E-state index is 12.4. The number of nitrogens with zero attached hydrogens (tertiary/aromatic N) is 2. The van der Waals surface area contributed by atoms with Crippen molar-refractivity contribution in [2.75, 3.05) is 18.5 Å². The first-order valence-corrected chi connectivity index (χ1v) is 9.05. The van der Waals surface area contributed by atoms with Gasteiger partial charge < -0.3 is 15.8 Å². The van der Waals surface area contributed by atoms with Crippen LogP contribution in [0.4, 0.5) is 5.69 Å². The molecule has 1 aliphatic rings. The largest absolute Gasteiger partial charge is 0.381 e. The van der Waals surface area contributed by atoms with Gasteiger partial charge in [0.2, 0.25) is 5.91 Å². The summed E-state index contributed by atoms with van der Waals surface area (Å²) < 4.78 is 5.28. The van der Waals surface area contributed by atoms with Crippen LogP contribution in [0.25, 0.3) is 0 Å². The summed E-state index contributed by atoms with van der Waals surface area (Å²) in [6.45, 7) is 4.96. The molecule has 0 bridgehead atoms. The summed E-state index contributed by atoms with van der Waals surface area (Å²) >= 11 is 1.49. The molecular formula is C18H22N4O2S. The van der Waals surface area contributed by atoms with Crippen LogP contribution in [0.5, 0.6) is 0 Å². The predicted molar refractivity (Wildman–Crippen MR) is 97.7 cm³/mol. The molecule has 0 unspecified atom stereocenters. The van der Waals surface area contributed by atoms with E-state index in [0.717, 1.165) is 27.1 Å². The van der Waals surface area contributed by atoms with Gasteiger partial charge in [0, 0.05) is 35.2 Å². The molecule has 3 N–H and O–H groups in total. The molecule has 7 heteroatoms. The van der Waals surface area contributed by atoms with Gasteiger partial charge in [-0.25, -0.2) is 9.97 Å². The third-order valence-corrected chi connectivity index (χ3v) is 4.99. The van der Waals surface area contributed by atoms with Gasteiger partial charge >= 0.3 is 0 Å². The van der Waals surface area contributed by atoms with E-state index in [9.17, 15) is 4.79 Å². The van der Waals surface area contributed by atoms with Crippen LogP contribution in [0.3, 0.4) is 0 Å². The summed E-state index contributed by atoms with van der Waals surface area (Å²) in [4.78, 5) is 22.3. The van der Waals surface area contributed by atoms with E-state index in [1.165, 1.54) is 11.8 Å². The fourth-order valence-electron chi connectivity index (χ4n) is 2.67. The number of hydrogen-bond acceptors (Lipinski definition) is 6. The lowest BCUT2D eigenvalue weighted by molar-refractivity contribution is -0.124. The van der Waals surface area contributed by atoms with E-state index in [4.69, 9.17) is 10.5 Å². The smallest absolute Gasteiger partial charge is 0.244 e. The molecule has 2 heterocycles. The van der Waals surface area contributed by atoms with Crippen molar-refractivity contribution in [1.82, 2.24) is 9.97 Å². The number of rotatable bonds is 4. The van der Waals surface area contributed by atoms with Gasteiger partial charge in [0.25, 0.3) is 0 Å². The van der Waals surface area contributed by atoms with Gasteiger partial charge in [-0.1, -0.05) is 0 Å². The first-order valence-electron chi connectivity index (χ1n) is 8.23. The highest BCUT2D eigenvalue weighted by molar-refractivity contribution is 7.99. The molecule has 1 aromatic heterocycles. The van der Waals surface area contributed by atoms with E-state index in [0.29, 0.717) is 26.1 Å². The van der Waals surface area contributed by atoms with Gasteiger partial charge in [0.05, 0.1) is 0 Å². The molecule has 1 amide bonds. The Hall–Kier alpha value is -1.96. The Morgan fingerprint density at radius 2 is 1.76 bits per heavy atom. The van der Waals surface area contributed by atoms with Gasteiger partial charge in [0.15, 0.2) is 5.16 Å². The Kier molecular flexibility index (Phi) is 5.36. The Labute approximate surface area is 151 Å². The van der Waals surface area contributed by atoms with Gasteiger partial charge in [-0.2, -0.15) is 0 Å². The Morgan fingerprint density at radius 3 is 2.36 bits per heavy atom. The maximum absolute atomic E-state index is 12.4. The number of nitrogens with one attached hydrogen (secondary N) is 1. The fraction of sp³-hybridized carbons (Fsp3) is 0.389. The molecule has 1 aliphatic heterocycles. The quantitative estimate of drug-likeness (QED) is 0.817. The van der Waals surface area contributed by atoms with Crippen LogP contribution < -0.4 is 11.1 Å². The normalized spacial score (nSPS) is 16.4. The van der Waals surface area contributed by atoms with Crippen LogP contribution in [0.1, 0.15) is 24.2 Å². The zero-order valence-corrected chi connectivity index (χ0v) is 15.2. The first kappa shape index (κ1) is 17.8. The van der Waals surface area contributed by atoms with Crippen LogP contribution in [-0.2, 0) is 9.53 Å². The molecule has 2 aromatic rings. The second-order valence-electron chi connectivity index (χ2n) is 6.28. The zero-order chi connectivity index (χ0) is 17.9. The lowest BCUT2D eigenvalue weighted by Crippen LogP contribution is -2.54. The lowest BCUT2D eigenvalue weighted by Gasteiger charge is -2.31. The van der Waals surface area contributed by atoms with E-state index < -0.39 is 5.54 Å². The van der Waals surface area contributed by atoms with Crippen molar-refractivity contribution in [2.24, 2.45) is 5.73 Å². The summed E-state index contributed by atoms with van der Waals surface area (Å²) in [6.07, 6.45) is 1.08. The average molecular weight is 358 g/mol. The molecular weight excluding hydrogens is 336 g/mol. The molecule has 25 heavy (non-hydrogen) atoms. The SMILES string of the molecule is Cc1cc(C)nc(Sc2ccc(NC(=O)C3(N)CCOCC3)cc2)n1. The molecule has 1 fully saturated rings. The summed E-state index contributed by atoms with van der Waals surface area (Å²) in [5, 5.41) is 3.62. The Morgan fingerprint density at radius 1 is 1.16 bits per heavy atom. The molecule has 6 nitrogen and oxygen atoms in total. The van der Waals surface area contributed by atoms with Crippen molar-refractivity contribution in [2.45, 2.75) is 42.3 Å². The topological polar surface area (TPSA) is 90.1 Å². The van der Waals surface area contributed by atoms with E-state index in [-0.39, 0.29) is 5.91 Å². The molecule has 0 aliphatic carbocycles. The van der Waals surface area contributed by atoms with Gasteiger partial charge in [0.1, 0.15) is 5.54 Å². The number of amides is 1. The molecule has 0 spiro atoms. The fourth-order valence-corrected chi connectivity index (χ4v) is 3.53.